The van der Waals surface area contributed by atoms with Gasteiger partial charge in [-0.05, 0) is 17.7 Å². The fraction of sp³-hybridized carbons (Fsp3) is 0.273. The Hall–Kier alpha value is -1.88. The van der Waals surface area contributed by atoms with Crippen LogP contribution in [-0.4, -0.2) is 37.9 Å². The van der Waals surface area contributed by atoms with Crippen LogP contribution in [0.5, 0.6) is 0 Å². The number of anilines is 1. The van der Waals surface area contributed by atoms with E-state index in [1.807, 2.05) is 43.3 Å². The Kier molecular flexibility index (Phi) is 4.47. The number of hydrogen-bond acceptors (Lipinski definition) is 4. The lowest BCUT2D eigenvalue weighted by Crippen LogP contribution is -2.20. The van der Waals surface area contributed by atoms with Crippen LogP contribution in [0.25, 0.3) is 0 Å². The van der Waals surface area contributed by atoms with Gasteiger partial charge in [-0.1, -0.05) is 12.1 Å². The minimum Gasteiger partial charge on any atom is -0.386 e. The van der Waals surface area contributed by atoms with Gasteiger partial charge in [-0.15, -0.1) is 0 Å². The summed E-state index contributed by atoms with van der Waals surface area (Å²) in [6.07, 6.45) is 1.52. The van der Waals surface area contributed by atoms with E-state index in [1.54, 1.807) is 0 Å². The van der Waals surface area contributed by atoms with E-state index in [1.165, 1.54) is 6.21 Å². The normalized spacial score (nSPS) is 10.4. The van der Waals surface area contributed by atoms with Crippen molar-refractivity contribution in [3.63, 3.8) is 0 Å². The second kappa shape index (κ2) is 5.87. The van der Waals surface area contributed by atoms with Crippen molar-refractivity contribution in [2.24, 2.45) is 5.10 Å². The van der Waals surface area contributed by atoms with Crippen molar-refractivity contribution in [3.8, 4) is 0 Å². The van der Waals surface area contributed by atoms with Gasteiger partial charge >= 0.3 is 0 Å². The molecule has 0 aliphatic carbocycles. The molecule has 1 rings (SSSR count). The first-order valence-electron chi connectivity index (χ1n) is 4.83. The maximum absolute atomic E-state index is 10.7. The van der Waals surface area contributed by atoms with Crippen LogP contribution in [0.3, 0.4) is 0 Å². The Balaban J connectivity index is 2.58. The number of nitrogens with zero attached hydrogens (tertiary/aromatic N) is 2. The summed E-state index contributed by atoms with van der Waals surface area (Å²) >= 11 is 0. The minimum absolute atomic E-state index is 0.527. The zero-order valence-electron chi connectivity index (χ0n) is 9.34. The van der Waals surface area contributed by atoms with E-state index >= 15 is 0 Å². The summed E-state index contributed by atoms with van der Waals surface area (Å²) in [7, 11) is 3.93. The van der Waals surface area contributed by atoms with Crippen LogP contribution in [0.1, 0.15) is 5.56 Å². The molecule has 0 unspecified atom stereocenters. The second-order valence-corrected chi connectivity index (χ2v) is 3.44. The van der Waals surface area contributed by atoms with Crippen molar-refractivity contribution in [2.45, 2.75) is 0 Å². The number of hydrogen-bond donors (Lipinski definition) is 2. The van der Waals surface area contributed by atoms with Gasteiger partial charge in [0.1, 0.15) is 6.61 Å². The summed E-state index contributed by atoms with van der Waals surface area (Å²) in [5, 5.41) is 12.1. The van der Waals surface area contributed by atoms with Crippen molar-refractivity contribution in [2.75, 3.05) is 25.6 Å². The molecule has 0 spiro atoms. The maximum atomic E-state index is 10.7. The van der Waals surface area contributed by atoms with Crippen molar-refractivity contribution in [1.29, 1.82) is 0 Å². The quantitative estimate of drug-likeness (QED) is 0.563. The van der Waals surface area contributed by atoms with Gasteiger partial charge in [0, 0.05) is 19.8 Å². The summed E-state index contributed by atoms with van der Waals surface area (Å²) in [4.78, 5) is 12.7. The molecule has 1 amide bonds. The van der Waals surface area contributed by atoms with Gasteiger partial charge in [-0.2, -0.15) is 5.10 Å². The molecule has 1 aromatic carbocycles. The average molecular weight is 221 g/mol. The van der Waals surface area contributed by atoms with Crippen LogP contribution in [0.2, 0.25) is 0 Å². The first-order chi connectivity index (χ1) is 7.63. The first-order valence-corrected chi connectivity index (χ1v) is 4.83. The number of aliphatic hydroxyl groups is 1. The third kappa shape index (κ3) is 3.70. The lowest BCUT2D eigenvalue weighted by Gasteiger charge is -2.11. The van der Waals surface area contributed by atoms with Crippen LogP contribution in [0, 0.1) is 0 Å². The van der Waals surface area contributed by atoms with Gasteiger partial charge in [-0.25, -0.2) is 5.43 Å². The summed E-state index contributed by atoms with van der Waals surface area (Å²) in [6.45, 7) is -0.559. The SMILES string of the molecule is CN(C)c1ccc(/C=N/NC(=O)CO)cc1. The molecule has 2 N–H and O–H groups in total. The van der Waals surface area contributed by atoms with Gasteiger partial charge in [-0.3, -0.25) is 4.79 Å². The molecule has 5 heteroatoms. The van der Waals surface area contributed by atoms with Crippen LogP contribution >= 0.6 is 0 Å². The van der Waals surface area contributed by atoms with E-state index in [9.17, 15) is 4.79 Å². The number of benzene rings is 1. The molecule has 86 valence electrons. The van der Waals surface area contributed by atoms with E-state index in [-0.39, 0.29) is 0 Å². The van der Waals surface area contributed by atoms with Crippen molar-refractivity contribution in [3.05, 3.63) is 29.8 Å². The molecule has 0 radical (unpaired) electrons. The summed E-state index contributed by atoms with van der Waals surface area (Å²) in [5.41, 5.74) is 4.16. The highest BCUT2D eigenvalue weighted by molar-refractivity contribution is 5.83. The average Bonchev–Trinajstić information content (AvgIpc) is 2.29. The number of carbonyl (C=O) groups is 1. The molecule has 0 bridgehead atoms. The zero-order valence-corrected chi connectivity index (χ0v) is 9.34. The Morgan fingerprint density at radius 3 is 2.56 bits per heavy atom. The Morgan fingerprint density at radius 1 is 1.44 bits per heavy atom. The van der Waals surface area contributed by atoms with E-state index in [0.29, 0.717) is 0 Å². The van der Waals surface area contributed by atoms with Gasteiger partial charge < -0.3 is 10.0 Å². The van der Waals surface area contributed by atoms with Gasteiger partial charge in [0.2, 0.25) is 0 Å². The highest BCUT2D eigenvalue weighted by Gasteiger charge is 1.95. The van der Waals surface area contributed by atoms with Gasteiger partial charge in [0.25, 0.3) is 5.91 Å². The Morgan fingerprint density at radius 2 is 2.06 bits per heavy atom. The highest BCUT2D eigenvalue weighted by Crippen LogP contribution is 2.10. The number of rotatable bonds is 4. The van der Waals surface area contributed by atoms with Gasteiger partial charge in [0.15, 0.2) is 0 Å². The van der Waals surface area contributed by atoms with Crippen LogP contribution < -0.4 is 10.3 Å². The fourth-order valence-corrected chi connectivity index (χ4v) is 1.07. The molecule has 0 aliphatic heterocycles. The molecule has 1 aromatic rings. The predicted molar refractivity (Wildman–Crippen MR) is 63.6 cm³/mol. The highest BCUT2D eigenvalue weighted by atomic mass is 16.3. The molecule has 0 saturated carbocycles. The molecule has 0 saturated heterocycles. The van der Waals surface area contributed by atoms with E-state index in [2.05, 4.69) is 10.5 Å². The molecular formula is C11H15N3O2. The minimum atomic E-state index is -0.559. The summed E-state index contributed by atoms with van der Waals surface area (Å²) in [6, 6.07) is 7.69. The van der Waals surface area contributed by atoms with Crippen molar-refractivity contribution in [1.82, 2.24) is 5.43 Å². The largest absolute Gasteiger partial charge is 0.386 e. The number of carbonyl (C=O) groups excluding carboxylic acids is 1. The van der Waals surface area contributed by atoms with E-state index in [4.69, 9.17) is 5.11 Å². The van der Waals surface area contributed by atoms with Crippen LogP contribution in [0.15, 0.2) is 29.4 Å². The van der Waals surface area contributed by atoms with E-state index < -0.39 is 12.5 Å². The molecule has 16 heavy (non-hydrogen) atoms. The van der Waals surface area contributed by atoms with Crippen molar-refractivity contribution >= 4 is 17.8 Å². The monoisotopic (exact) mass is 221 g/mol. The number of nitrogens with one attached hydrogen (secondary N) is 1. The number of amides is 1. The fourth-order valence-electron chi connectivity index (χ4n) is 1.07. The molecule has 0 atom stereocenters. The first kappa shape index (κ1) is 12.2. The molecular weight excluding hydrogens is 206 g/mol. The molecule has 0 fully saturated rings. The number of hydrazone groups is 1. The smallest absolute Gasteiger partial charge is 0.265 e. The Labute approximate surface area is 94.4 Å². The standard InChI is InChI=1S/C11H15N3O2/c1-14(2)10-5-3-9(4-6-10)7-12-13-11(16)8-15/h3-7,15H,8H2,1-2H3,(H,13,16)/b12-7+. The molecule has 5 nitrogen and oxygen atoms in total. The lowest BCUT2D eigenvalue weighted by atomic mass is 10.2. The lowest BCUT2D eigenvalue weighted by molar-refractivity contribution is -0.123. The zero-order chi connectivity index (χ0) is 12.0. The predicted octanol–water partition coefficient (Wildman–Crippen LogP) is 0.195. The third-order valence-corrected chi connectivity index (χ3v) is 1.96. The topological polar surface area (TPSA) is 64.9 Å². The third-order valence-electron chi connectivity index (χ3n) is 1.96. The second-order valence-electron chi connectivity index (χ2n) is 3.44. The van der Waals surface area contributed by atoms with Gasteiger partial charge in [0.05, 0.1) is 6.21 Å². The maximum Gasteiger partial charge on any atom is 0.265 e. The number of aliphatic hydroxyl groups excluding tert-OH is 1. The Bertz CT molecular complexity index is 371. The molecule has 0 heterocycles. The van der Waals surface area contributed by atoms with Crippen LogP contribution in [-0.2, 0) is 4.79 Å². The van der Waals surface area contributed by atoms with E-state index in [0.717, 1.165) is 11.3 Å². The summed E-state index contributed by atoms with van der Waals surface area (Å²) < 4.78 is 0. The molecule has 0 aliphatic rings. The van der Waals surface area contributed by atoms with Crippen LogP contribution in [0.4, 0.5) is 5.69 Å². The summed E-state index contributed by atoms with van der Waals surface area (Å²) in [5.74, 6) is -0.527. The van der Waals surface area contributed by atoms with Crippen molar-refractivity contribution < 1.29 is 9.90 Å². The molecule has 0 aromatic heterocycles.